The molecule has 0 aromatic heterocycles. The first-order valence-corrected chi connectivity index (χ1v) is 9.28. The Hall–Kier alpha value is 0.730. The molecule has 102 valence electrons. The summed E-state index contributed by atoms with van der Waals surface area (Å²) in [5, 5.41) is 0. The van der Waals surface area contributed by atoms with Gasteiger partial charge in [-0.15, -0.1) is 0 Å². The van der Waals surface area contributed by atoms with E-state index in [2.05, 4.69) is 43.4 Å². The topological polar surface area (TPSA) is 0 Å². The second kappa shape index (κ2) is 8.77. The van der Waals surface area contributed by atoms with E-state index >= 15 is 0 Å². The summed E-state index contributed by atoms with van der Waals surface area (Å²) in [6, 6.07) is 0. The maximum absolute atomic E-state index is 2.57. The summed E-state index contributed by atoms with van der Waals surface area (Å²) < 4.78 is 1.36. The quantitative estimate of drug-likeness (QED) is 0.349. The molecule has 1 saturated carbocycles. The van der Waals surface area contributed by atoms with Crippen molar-refractivity contribution >= 4 is 22.6 Å². The van der Waals surface area contributed by atoms with E-state index in [1.807, 2.05) is 0 Å². The average Bonchev–Trinajstić information content (AvgIpc) is 2.28. The van der Waals surface area contributed by atoms with Gasteiger partial charge in [0.2, 0.25) is 0 Å². The fraction of sp³-hybridized carbons (Fsp3) is 1.00. The summed E-state index contributed by atoms with van der Waals surface area (Å²) >= 11 is 2.57. The van der Waals surface area contributed by atoms with Crippen molar-refractivity contribution in [2.45, 2.75) is 72.1 Å². The molecule has 2 unspecified atom stereocenters. The van der Waals surface area contributed by atoms with Gasteiger partial charge in [0.15, 0.2) is 0 Å². The third kappa shape index (κ3) is 5.94. The molecule has 0 nitrogen and oxygen atoms in total. The lowest BCUT2D eigenvalue weighted by Gasteiger charge is -2.36. The normalized spacial score (nSPS) is 27.5. The number of hydrogen-bond donors (Lipinski definition) is 0. The van der Waals surface area contributed by atoms with E-state index < -0.39 is 0 Å². The highest BCUT2D eigenvalue weighted by molar-refractivity contribution is 14.1. The fourth-order valence-corrected chi connectivity index (χ4v) is 4.19. The van der Waals surface area contributed by atoms with E-state index in [1.165, 1.54) is 55.8 Å². The molecule has 2 atom stereocenters. The highest BCUT2D eigenvalue weighted by Gasteiger charge is 2.28. The Labute approximate surface area is 122 Å². The minimum absolute atomic E-state index is 0.972. The van der Waals surface area contributed by atoms with Crippen LogP contribution in [-0.4, -0.2) is 4.43 Å². The zero-order valence-corrected chi connectivity index (χ0v) is 14.2. The molecular formula is C16H31I. The highest BCUT2D eigenvalue weighted by Crippen LogP contribution is 2.40. The van der Waals surface area contributed by atoms with Crippen molar-refractivity contribution in [3.05, 3.63) is 0 Å². The van der Waals surface area contributed by atoms with Gasteiger partial charge in [-0.1, -0.05) is 62.6 Å². The first-order chi connectivity index (χ1) is 8.19. The van der Waals surface area contributed by atoms with Crippen LogP contribution in [0.3, 0.4) is 0 Å². The van der Waals surface area contributed by atoms with Crippen LogP contribution in [0.5, 0.6) is 0 Å². The maximum Gasteiger partial charge on any atom is 0.00237 e. The first kappa shape index (κ1) is 15.8. The molecule has 17 heavy (non-hydrogen) atoms. The minimum atomic E-state index is 0.972. The van der Waals surface area contributed by atoms with Crippen LogP contribution in [0.4, 0.5) is 0 Å². The summed E-state index contributed by atoms with van der Waals surface area (Å²) in [4.78, 5) is 0. The Balaban J connectivity index is 2.06. The van der Waals surface area contributed by atoms with E-state index in [0.717, 1.165) is 23.7 Å². The van der Waals surface area contributed by atoms with Gasteiger partial charge in [0.25, 0.3) is 0 Å². The molecule has 0 spiro atoms. The second-order valence-electron chi connectivity index (χ2n) is 6.34. The van der Waals surface area contributed by atoms with Gasteiger partial charge in [0.05, 0.1) is 0 Å². The minimum Gasteiger partial charge on any atom is -0.0861 e. The lowest BCUT2D eigenvalue weighted by molar-refractivity contribution is 0.153. The van der Waals surface area contributed by atoms with Gasteiger partial charge in [-0.25, -0.2) is 0 Å². The van der Waals surface area contributed by atoms with Crippen molar-refractivity contribution in [1.82, 2.24) is 0 Å². The summed E-state index contributed by atoms with van der Waals surface area (Å²) in [5.41, 5.74) is 0. The SMILES string of the molecule is CCCC(CI)CCC(C)CC1CC(CC)C1. The molecule has 1 heteroatoms. The van der Waals surface area contributed by atoms with Crippen LogP contribution in [-0.2, 0) is 0 Å². The van der Waals surface area contributed by atoms with E-state index in [1.54, 1.807) is 0 Å². The van der Waals surface area contributed by atoms with Gasteiger partial charge in [-0.3, -0.25) is 0 Å². The number of hydrogen-bond acceptors (Lipinski definition) is 0. The zero-order chi connectivity index (χ0) is 12.7. The molecule has 0 radical (unpaired) electrons. The molecule has 1 aliphatic rings. The van der Waals surface area contributed by atoms with Crippen molar-refractivity contribution in [3.63, 3.8) is 0 Å². The van der Waals surface area contributed by atoms with E-state index in [9.17, 15) is 0 Å². The largest absolute Gasteiger partial charge is 0.0861 e. The molecule has 1 rings (SSSR count). The molecule has 0 amide bonds. The van der Waals surface area contributed by atoms with Gasteiger partial charge >= 0.3 is 0 Å². The average molecular weight is 350 g/mol. The summed E-state index contributed by atoms with van der Waals surface area (Å²) in [6.07, 6.45) is 11.7. The van der Waals surface area contributed by atoms with Crippen LogP contribution in [0.2, 0.25) is 0 Å². The van der Waals surface area contributed by atoms with E-state index in [0.29, 0.717) is 0 Å². The molecule has 0 aromatic rings. The smallest absolute Gasteiger partial charge is 0.00237 e. The predicted molar refractivity (Wildman–Crippen MR) is 86.8 cm³/mol. The monoisotopic (exact) mass is 350 g/mol. The lowest BCUT2D eigenvalue weighted by Crippen LogP contribution is -2.24. The van der Waals surface area contributed by atoms with E-state index in [4.69, 9.17) is 0 Å². The first-order valence-electron chi connectivity index (χ1n) is 7.75. The Morgan fingerprint density at radius 3 is 2.29 bits per heavy atom. The van der Waals surface area contributed by atoms with Crippen molar-refractivity contribution in [2.24, 2.45) is 23.7 Å². The maximum atomic E-state index is 2.57. The van der Waals surface area contributed by atoms with Crippen molar-refractivity contribution in [1.29, 1.82) is 0 Å². The van der Waals surface area contributed by atoms with Crippen LogP contribution in [0.15, 0.2) is 0 Å². The summed E-state index contributed by atoms with van der Waals surface area (Å²) in [7, 11) is 0. The van der Waals surface area contributed by atoms with Crippen molar-refractivity contribution < 1.29 is 0 Å². The van der Waals surface area contributed by atoms with Crippen LogP contribution in [0.1, 0.15) is 72.1 Å². The van der Waals surface area contributed by atoms with Gasteiger partial charge in [-0.2, -0.15) is 0 Å². The standard InChI is InChI=1S/C16H31I/c1-4-6-15(12-17)8-7-13(3)9-16-10-14(5-2)11-16/h13-16H,4-12H2,1-3H3. The fourth-order valence-electron chi connectivity index (χ4n) is 3.31. The van der Waals surface area contributed by atoms with Gasteiger partial charge in [0, 0.05) is 4.43 Å². The molecule has 0 heterocycles. The number of halogens is 1. The van der Waals surface area contributed by atoms with Crippen molar-refractivity contribution in [3.8, 4) is 0 Å². The zero-order valence-electron chi connectivity index (χ0n) is 12.1. The van der Waals surface area contributed by atoms with Gasteiger partial charge in [-0.05, 0) is 55.8 Å². The van der Waals surface area contributed by atoms with Crippen LogP contribution >= 0.6 is 22.6 Å². The third-order valence-corrected chi connectivity index (χ3v) is 5.87. The molecule has 0 N–H and O–H groups in total. The Bertz CT molecular complexity index is 184. The molecular weight excluding hydrogens is 319 g/mol. The number of alkyl halides is 1. The second-order valence-corrected chi connectivity index (χ2v) is 7.22. The molecule has 0 bridgehead atoms. The Morgan fingerprint density at radius 1 is 1.06 bits per heavy atom. The molecule has 1 fully saturated rings. The van der Waals surface area contributed by atoms with Crippen molar-refractivity contribution in [2.75, 3.05) is 4.43 Å². The van der Waals surface area contributed by atoms with Gasteiger partial charge < -0.3 is 0 Å². The highest BCUT2D eigenvalue weighted by atomic mass is 127. The molecule has 0 saturated heterocycles. The Kier molecular flexibility index (Phi) is 8.14. The summed E-state index contributed by atoms with van der Waals surface area (Å²) in [6.45, 7) is 7.15. The third-order valence-electron chi connectivity index (χ3n) is 4.63. The predicted octanol–water partition coefficient (Wildman–Crippen LogP) is 6.08. The Morgan fingerprint density at radius 2 is 1.76 bits per heavy atom. The van der Waals surface area contributed by atoms with Crippen LogP contribution < -0.4 is 0 Å². The number of rotatable bonds is 9. The van der Waals surface area contributed by atoms with E-state index in [-0.39, 0.29) is 0 Å². The van der Waals surface area contributed by atoms with Crippen LogP contribution in [0, 0.1) is 23.7 Å². The molecule has 0 aromatic carbocycles. The lowest BCUT2D eigenvalue weighted by atomic mass is 9.69. The summed E-state index contributed by atoms with van der Waals surface area (Å²) in [5.74, 6) is 4.13. The van der Waals surface area contributed by atoms with Gasteiger partial charge in [0.1, 0.15) is 0 Å². The molecule has 0 aliphatic heterocycles. The van der Waals surface area contributed by atoms with Crippen LogP contribution in [0.25, 0.3) is 0 Å². The molecule has 1 aliphatic carbocycles.